The Bertz CT molecular complexity index is 1940. The number of rotatable bonds is 77. The predicted octanol–water partition coefficient (Wildman–Crippen LogP) is 23.6. The largest absolute Gasteiger partial charge is 0.472 e. The number of phosphoric acid groups is 2. The topological polar surface area (TPSA) is 237 Å². The van der Waals surface area contributed by atoms with Gasteiger partial charge in [0, 0.05) is 25.7 Å². The van der Waals surface area contributed by atoms with Crippen LogP contribution in [0.3, 0.4) is 0 Å². The summed E-state index contributed by atoms with van der Waals surface area (Å²) in [4.78, 5) is 73.0. The van der Waals surface area contributed by atoms with Crippen LogP contribution in [0.2, 0.25) is 0 Å². The molecule has 0 fully saturated rings. The van der Waals surface area contributed by atoms with Gasteiger partial charge in [0.1, 0.15) is 19.3 Å². The van der Waals surface area contributed by atoms with Crippen molar-refractivity contribution in [1.29, 1.82) is 0 Å². The molecule has 0 amide bonds. The molecule has 0 aromatic carbocycles. The number of esters is 4. The number of hydrogen-bond donors (Lipinski definition) is 3. The monoisotopic (exact) mass is 1450 g/mol. The van der Waals surface area contributed by atoms with E-state index < -0.39 is 97.5 Å². The van der Waals surface area contributed by atoms with Crippen LogP contribution in [-0.4, -0.2) is 96.7 Å². The third-order valence-electron chi connectivity index (χ3n) is 18.9. The van der Waals surface area contributed by atoms with E-state index in [0.29, 0.717) is 25.7 Å². The average molecular weight is 1450 g/mol. The number of aliphatic hydroxyl groups excluding tert-OH is 1. The van der Waals surface area contributed by atoms with Gasteiger partial charge in [-0.1, -0.05) is 357 Å². The fourth-order valence-electron chi connectivity index (χ4n) is 12.2. The van der Waals surface area contributed by atoms with Crippen molar-refractivity contribution in [1.82, 2.24) is 0 Å². The summed E-state index contributed by atoms with van der Waals surface area (Å²) >= 11 is 0. The van der Waals surface area contributed by atoms with Crippen molar-refractivity contribution in [2.75, 3.05) is 39.6 Å². The lowest BCUT2D eigenvalue weighted by Crippen LogP contribution is -2.30. The van der Waals surface area contributed by atoms with Crippen LogP contribution in [0.15, 0.2) is 0 Å². The Kier molecular flexibility index (Phi) is 67.8. The Hall–Kier alpha value is -1.94. The van der Waals surface area contributed by atoms with Crippen LogP contribution in [0.25, 0.3) is 0 Å². The van der Waals surface area contributed by atoms with Gasteiger partial charge in [-0.3, -0.25) is 37.3 Å². The van der Waals surface area contributed by atoms with Crippen LogP contribution in [-0.2, 0) is 65.4 Å². The summed E-state index contributed by atoms with van der Waals surface area (Å²) in [5.41, 5.74) is 0. The van der Waals surface area contributed by atoms with Crippen molar-refractivity contribution in [3.05, 3.63) is 0 Å². The van der Waals surface area contributed by atoms with Gasteiger partial charge in [0.2, 0.25) is 0 Å². The van der Waals surface area contributed by atoms with Crippen LogP contribution in [0.4, 0.5) is 0 Å². The fraction of sp³-hybridized carbons (Fsp3) is 0.950. The van der Waals surface area contributed by atoms with E-state index in [1.165, 1.54) is 212 Å². The predicted molar refractivity (Wildman–Crippen MR) is 404 cm³/mol. The van der Waals surface area contributed by atoms with Gasteiger partial charge < -0.3 is 33.8 Å². The second-order valence-corrected chi connectivity index (χ2v) is 33.4. The molecule has 17 nitrogen and oxygen atoms in total. The third kappa shape index (κ3) is 72.8. The maximum absolute atomic E-state index is 13.1. The Labute approximate surface area is 607 Å². The molecule has 0 aliphatic rings. The summed E-state index contributed by atoms with van der Waals surface area (Å²) < 4.78 is 68.7. The van der Waals surface area contributed by atoms with Crippen molar-refractivity contribution in [3.8, 4) is 0 Å². The summed E-state index contributed by atoms with van der Waals surface area (Å²) in [6, 6.07) is 0. The van der Waals surface area contributed by atoms with Gasteiger partial charge in [0.05, 0.1) is 26.4 Å². The zero-order chi connectivity index (χ0) is 73.1. The van der Waals surface area contributed by atoms with Crippen LogP contribution in [0.5, 0.6) is 0 Å². The zero-order valence-corrected chi connectivity index (χ0v) is 66.9. The standard InChI is InChI=1S/C80H156O17P2/c1-9-73(8)59-51-43-35-26-20-14-10-11-15-22-28-38-46-54-62-79(84)96-75(66-90-77(82)60-52-44-36-27-21-16-12-13-18-24-32-40-48-56-70(2)3)68-94-98(86,87)92-64-74(81)65-93-99(88,89)95-69-76(67-91-78(83)61-53-45-37-31-30-34-42-50-58-72(6)7)97-80(85)63-55-47-39-29-23-17-19-25-33-41-49-57-71(4)5/h70-76,81H,9-69H2,1-8H3,(H,86,87)(H,88,89)/t73?,74-,75-,76-/m1/s1. The highest BCUT2D eigenvalue weighted by Gasteiger charge is 2.30. The lowest BCUT2D eigenvalue weighted by Gasteiger charge is -2.21. The molecule has 3 N–H and O–H groups in total. The number of aliphatic hydroxyl groups is 1. The van der Waals surface area contributed by atoms with Crippen molar-refractivity contribution < 1.29 is 80.2 Å². The van der Waals surface area contributed by atoms with Crippen molar-refractivity contribution in [3.63, 3.8) is 0 Å². The molecular weight excluding hydrogens is 1290 g/mol. The van der Waals surface area contributed by atoms with E-state index in [0.717, 1.165) is 114 Å². The molecule has 0 rings (SSSR count). The molecule has 588 valence electrons. The average Bonchev–Trinajstić information content (AvgIpc) is 1.30. The molecule has 99 heavy (non-hydrogen) atoms. The van der Waals surface area contributed by atoms with E-state index in [1.54, 1.807) is 0 Å². The van der Waals surface area contributed by atoms with Gasteiger partial charge in [-0.2, -0.15) is 0 Å². The lowest BCUT2D eigenvalue weighted by molar-refractivity contribution is -0.161. The van der Waals surface area contributed by atoms with Crippen LogP contribution in [0.1, 0.15) is 409 Å². The summed E-state index contributed by atoms with van der Waals surface area (Å²) in [5, 5.41) is 10.6. The van der Waals surface area contributed by atoms with Crippen molar-refractivity contribution in [2.24, 2.45) is 23.7 Å². The Morgan fingerprint density at radius 3 is 0.717 bits per heavy atom. The highest BCUT2D eigenvalue weighted by atomic mass is 31.2. The molecule has 3 unspecified atom stereocenters. The summed E-state index contributed by atoms with van der Waals surface area (Å²) in [6.45, 7) is 14.3. The Morgan fingerprint density at radius 2 is 0.485 bits per heavy atom. The number of ether oxygens (including phenoxy) is 4. The second kappa shape index (κ2) is 69.1. The molecule has 19 heteroatoms. The highest BCUT2D eigenvalue weighted by Crippen LogP contribution is 2.45. The molecular formula is C80H156O17P2. The summed E-state index contributed by atoms with van der Waals surface area (Å²) in [7, 11) is -9.92. The molecule has 0 spiro atoms. The van der Waals surface area contributed by atoms with Crippen molar-refractivity contribution in [2.45, 2.75) is 427 Å². The minimum atomic E-state index is -4.96. The van der Waals surface area contributed by atoms with Crippen LogP contribution >= 0.6 is 15.6 Å². The first-order chi connectivity index (χ1) is 47.6. The first kappa shape index (κ1) is 97.1. The number of phosphoric ester groups is 2. The van der Waals surface area contributed by atoms with E-state index in [2.05, 4.69) is 55.4 Å². The molecule has 0 radical (unpaired) electrons. The molecule has 0 aromatic heterocycles. The lowest BCUT2D eigenvalue weighted by atomic mass is 9.99. The molecule has 0 aromatic rings. The normalized spacial score (nSPS) is 14.3. The number of hydrogen-bond acceptors (Lipinski definition) is 15. The minimum Gasteiger partial charge on any atom is -0.462 e. The SMILES string of the molecule is CCC(C)CCCCCCCCCCCCCCCCC(=O)O[C@H](COC(=O)CCCCCCCCCCCCCCCC(C)C)COP(=O)(O)OC[C@@H](O)COP(=O)(O)OC[C@@H](COC(=O)CCCCCCCCCCC(C)C)OC(=O)CCCCCCCCCCCCCC(C)C. The van der Waals surface area contributed by atoms with E-state index in [9.17, 15) is 43.2 Å². The summed E-state index contributed by atoms with van der Waals surface area (Å²) in [5.74, 6) is 1.01. The molecule has 0 aliphatic carbocycles. The van der Waals surface area contributed by atoms with Crippen molar-refractivity contribution >= 4 is 39.5 Å². The smallest absolute Gasteiger partial charge is 0.462 e. The fourth-order valence-corrected chi connectivity index (χ4v) is 13.8. The van der Waals surface area contributed by atoms with E-state index in [4.69, 9.17) is 37.0 Å². The van der Waals surface area contributed by atoms with Crippen LogP contribution in [0, 0.1) is 23.7 Å². The number of carbonyl (C=O) groups excluding carboxylic acids is 4. The van der Waals surface area contributed by atoms with Gasteiger partial charge in [0.25, 0.3) is 0 Å². The first-order valence-corrected chi connectivity index (χ1v) is 44.2. The van der Waals surface area contributed by atoms with Gasteiger partial charge >= 0.3 is 39.5 Å². The van der Waals surface area contributed by atoms with Crippen LogP contribution < -0.4 is 0 Å². The maximum Gasteiger partial charge on any atom is 0.472 e. The van der Waals surface area contributed by atoms with Gasteiger partial charge in [-0.05, 0) is 49.4 Å². The second-order valence-electron chi connectivity index (χ2n) is 30.5. The number of carbonyl (C=O) groups is 4. The Morgan fingerprint density at radius 1 is 0.283 bits per heavy atom. The molecule has 0 saturated carbocycles. The molecule has 0 saturated heterocycles. The van der Waals surface area contributed by atoms with Gasteiger partial charge in [-0.15, -0.1) is 0 Å². The maximum atomic E-state index is 13.1. The van der Waals surface area contributed by atoms with E-state index in [1.807, 2.05) is 0 Å². The molecule has 0 aliphatic heterocycles. The quantitative estimate of drug-likeness (QED) is 0.0222. The summed E-state index contributed by atoms with van der Waals surface area (Å²) in [6.07, 6.45) is 55.4. The highest BCUT2D eigenvalue weighted by molar-refractivity contribution is 7.47. The first-order valence-electron chi connectivity index (χ1n) is 41.2. The molecule has 0 heterocycles. The minimum absolute atomic E-state index is 0.106. The van der Waals surface area contributed by atoms with Gasteiger partial charge in [0.15, 0.2) is 12.2 Å². The zero-order valence-electron chi connectivity index (χ0n) is 65.1. The van der Waals surface area contributed by atoms with E-state index in [-0.39, 0.29) is 25.7 Å². The Balaban J connectivity index is 5.27. The third-order valence-corrected chi connectivity index (χ3v) is 20.8. The molecule has 0 bridgehead atoms. The molecule has 6 atom stereocenters. The number of unbranched alkanes of at least 4 members (excludes halogenated alkanes) is 42. The van der Waals surface area contributed by atoms with E-state index >= 15 is 0 Å². The van der Waals surface area contributed by atoms with Gasteiger partial charge in [-0.25, -0.2) is 9.13 Å².